The van der Waals surface area contributed by atoms with Gasteiger partial charge in [-0.3, -0.25) is 14.8 Å². The molecule has 0 aliphatic carbocycles. The van der Waals surface area contributed by atoms with Crippen molar-refractivity contribution < 1.29 is 4.79 Å². The summed E-state index contributed by atoms with van der Waals surface area (Å²) in [6, 6.07) is 5.38. The zero-order valence-corrected chi connectivity index (χ0v) is 10.1. The lowest BCUT2D eigenvalue weighted by Gasteiger charge is -2.03. The largest absolute Gasteiger partial charge is 0.292 e. The molecular formula is C13H11ClN2O. The van der Waals surface area contributed by atoms with Gasteiger partial charge in [0.05, 0.1) is 5.02 Å². The summed E-state index contributed by atoms with van der Waals surface area (Å²) < 4.78 is 0. The van der Waals surface area contributed by atoms with E-state index in [2.05, 4.69) is 9.97 Å². The van der Waals surface area contributed by atoms with Crippen LogP contribution in [0.15, 0.2) is 36.8 Å². The molecule has 0 aliphatic rings. The number of Topliss-reactive ketones (excluding diaryl/α,β-unsaturated/α-hetero) is 1. The fourth-order valence-corrected chi connectivity index (χ4v) is 1.69. The molecule has 0 fully saturated rings. The van der Waals surface area contributed by atoms with Crippen molar-refractivity contribution in [1.82, 2.24) is 9.97 Å². The third kappa shape index (κ3) is 2.88. The first-order valence-corrected chi connectivity index (χ1v) is 5.59. The standard InChI is InChI=1S/C13H11ClN2O/c1-9-2-5-16-12(6-9)13(17)7-10-3-4-15-8-11(10)14/h2-6,8H,7H2,1H3. The van der Waals surface area contributed by atoms with Gasteiger partial charge in [-0.2, -0.15) is 0 Å². The smallest absolute Gasteiger partial charge is 0.185 e. The molecule has 0 aliphatic heterocycles. The van der Waals surface area contributed by atoms with Gasteiger partial charge in [0.2, 0.25) is 0 Å². The Bertz CT molecular complexity index is 555. The fourth-order valence-electron chi connectivity index (χ4n) is 1.50. The maximum atomic E-state index is 12.0. The summed E-state index contributed by atoms with van der Waals surface area (Å²) in [5.41, 5.74) is 2.26. The van der Waals surface area contributed by atoms with E-state index in [0.29, 0.717) is 10.7 Å². The quantitative estimate of drug-likeness (QED) is 0.782. The van der Waals surface area contributed by atoms with E-state index in [1.165, 1.54) is 6.20 Å². The van der Waals surface area contributed by atoms with Crippen molar-refractivity contribution >= 4 is 17.4 Å². The van der Waals surface area contributed by atoms with Crippen LogP contribution in [0.2, 0.25) is 5.02 Å². The number of nitrogens with zero attached hydrogens (tertiary/aromatic N) is 2. The molecule has 17 heavy (non-hydrogen) atoms. The number of aromatic nitrogens is 2. The lowest BCUT2D eigenvalue weighted by atomic mass is 10.1. The molecular weight excluding hydrogens is 236 g/mol. The molecule has 86 valence electrons. The third-order valence-corrected chi connectivity index (χ3v) is 2.75. The number of ketones is 1. The van der Waals surface area contributed by atoms with Gasteiger partial charge in [-0.15, -0.1) is 0 Å². The summed E-state index contributed by atoms with van der Waals surface area (Å²) in [7, 11) is 0. The Morgan fingerprint density at radius 1 is 1.35 bits per heavy atom. The minimum atomic E-state index is -0.0400. The Morgan fingerprint density at radius 3 is 2.88 bits per heavy atom. The summed E-state index contributed by atoms with van der Waals surface area (Å²) in [5, 5.41) is 0.508. The van der Waals surface area contributed by atoms with Crippen LogP contribution in [0.1, 0.15) is 21.6 Å². The molecule has 0 aromatic carbocycles. The molecule has 0 bridgehead atoms. The van der Waals surface area contributed by atoms with E-state index in [1.54, 1.807) is 24.5 Å². The number of rotatable bonds is 3. The molecule has 2 heterocycles. The molecule has 2 aromatic heterocycles. The number of hydrogen-bond acceptors (Lipinski definition) is 3. The lowest BCUT2D eigenvalue weighted by Crippen LogP contribution is -2.06. The van der Waals surface area contributed by atoms with Crippen LogP contribution in [0.4, 0.5) is 0 Å². The molecule has 3 nitrogen and oxygen atoms in total. The highest BCUT2D eigenvalue weighted by molar-refractivity contribution is 6.31. The van der Waals surface area contributed by atoms with E-state index >= 15 is 0 Å². The van der Waals surface area contributed by atoms with Crippen molar-refractivity contribution in [3.05, 3.63) is 58.6 Å². The second-order valence-electron chi connectivity index (χ2n) is 3.79. The highest BCUT2D eigenvalue weighted by atomic mass is 35.5. The van der Waals surface area contributed by atoms with Gasteiger partial charge >= 0.3 is 0 Å². The summed E-state index contributed by atoms with van der Waals surface area (Å²) >= 11 is 5.95. The van der Waals surface area contributed by atoms with Crippen molar-refractivity contribution in [3.63, 3.8) is 0 Å². The molecule has 0 atom stereocenters. The van der Waals surface area contributed by atoms with E-state index in [1.807, 2.05) is 13.0 Å². The number of carbonyl (C=O) groups excluding carboxylic acids is 1. The van der Waals surface area contributed by atoms with Gasteiger partial charge in [-0.25, -0.2) is 0 Å². The molecule has 4 heteroatoms. The maximum Gasteiger partial charge on any atom is 0.185 e. The summed E-state index contributed by atoms with van der Waals surface area (Å²) in [6.45, 7) is 1.93. The summed E-state index contributed by atoms with van der Waals surface area (Å²) in [4.78, 5) is 19.9. The first-order valence-electron chi connectivity index (χ1n) is 5.21. The van der Waals surface area contributed by atoms with Crippen LogP contribution in [0, 0.1) is 6.92 Å². The number of aryl methyl sites for hydroxylation is 1. The second kappa shape index (κ2) is 5.06. The topological polar surface area (TPSA) is 42.9 Å². The SMILES string of the molecule is Cc1ccnc(C(=O)Cc2ccncc2Cl)c1. The Hall–Kier alpha value is -1.74. The minimum absolute atomic E-state index is 0.0400. The predicted octanol–water partition coefficient (Wildman–Crippen LogP) is 2.86. The van der Waals surface area contributed by atoms with Crippen LogP contribution < -0.4 is 0 Å². The van der Waals surface area contributed by atoms with Crippen LogP contribution >= 0.6 is 11.6 Å². The van der Waals surface area contributed by atoms with Gasteiger partial charge in [0.15, 0.2) is 5.78 Å². The molecule has 0 amide bonds. The Morgan fingerprint density at radius 2 is 2.18 bits per heavy atom. The third-order valence-electron chi connectivity index (χ3n) is 2.41. The van der Waals surface area contributed by atoms with Crippen molar-refractivity contribution in [1.29, 1.82) is 0 Å². The first-order chi connectivity index (χ1) is 8.16. The maximum absolute atomic E-state index is 12.0. The fraction of sp³-hybridized carbons (Fsp3) is 0.154. The van der Waals surface area contributed by atoms with Crippen molar-refractivity contribution in [3.8, 4) is 0 Å². The average Bonchev–Trinajstić information content (AvgIpc) is 2.32. The number of halogens is 1. The molecule has 0 spiro atoms. The van der Waals surface area contributed by atoms with Crippen molar-refractivity contribution in [2.75, 3.05) is 0 Å². The zero-order valence-electron chi connectivity index (χ0n) is 9.35. The number of hydrogen-bond donors (Lipinski definition) is 0. The predicted molar refractivity (Wildman–Crippen MR) is 66.3 cm³/mol. The molecule has 2 rings (SSSR count). The molecule has 0 saturated carbocycles. The Kier molecular flexibility index (Phi) is 3.49. The van der Waals surface area contributed by atoms with E-state index in [4.69, 9.17) is 11.6 Å². The first kappa shape index (κ1) is 11.7. The van der Waals surface area contributed by atoms with E-state index in [0.717, 1.165) is 11.1 Å². The monoisotopic (exact) mass is 246 g/mol. The van der Waals surface area contributed by atoms with E-state index in [-0.39, 0.29) is 12.2 Å². The van der Waals surface area contributed by atoms with Gasteiger partial charge in [0.1, 0.15) is 5.69 Å². The van der Waals surface area contributed by atoms with Gasteiger partial charge in [-0.1, -0.05) is 11.6 Å². The normalized spacial score (nSPS) is 10.2. The Balaban J connectivity index is 2.20. The van der Waals surface area contributed by atoms with Crippen LogP contribution in [-0.2, 0) is 6.42 Å². The summed E-state index contributed by atoms with van der Waals surface area (Å²) in [5.74, 6) is -0.0400. The van der Waals surface area contributed by atoms with Crippen LogP contribution in [0.5, 0.6) is 0 Å². The van der Waals surface area contributed by atoms with Crippen molar-refractivity contribution in [2.45, 2.75) is 13.3 Å². The molecule has 0 unspecified atom stereocenters. The van der Waals surface area contributed by atoms with E-state index in [9.17, 15) is 4.79 Å². The minimum Gasteiger partial charge on any atom is -0.292 e. The van der Waals surface area contributed by atoms with Crippen LogP contribution in [0.25, 0.3) is 0 Å². The number of carbonyl (C=O) groups is 1. The Labute approximate surface area is 104 Å². The van der Waals surface area contributed by atoms with Gasteiger partial charge < -0.3 is 0 Å². The van der Waals surface area contributed by atoms with E-state index < -0.39 is 0 Å². The van der Waals surface area contributed by atoms with Gasteiger partial charge in [0, 0.05) is 25.0 Å². The number of pyridine rings is 2. The van der Waals surface area contributed by atoms with Crippen LogP contribution in [-0.4, -0.2) is 15.8 Å². The second-order valence-corrected chi connectivity index (χ2v) is 4.19. The molecule has 2 aromatic rings. The van der Waals surface area contributed by atoms with Gasteiger partial charge in [-0.05, 0) is 36.2 Å². The highest BCUT2D eigenvalue weighted by Crippen LogP contribution is 2.15. The average molecular weight is 247 g/mol. The van der Waals surface area contributed by atoms with Crippen LogP contribution in [0.3, 0.4) is 0 Å². The summed E-state index contributed by atoms with van der Waals surface area (Å²) in [6.07, 6.45) is 5.04. The van der Waals surface area contributed by atoms with Crippen molar-refractivity contribution in [2.24, 2.45) is 0 Å². The lowest BCUT2D eigenvalue weighted by molar-refractivity contribution is 0.0988. The molecule has 0 N–H and O–H groups in total. The van der Waals surface area contributed by atoms with Gasteiger partial charge in [0.25, 0.3) is 0 Å². The zero-order chi connectivity index (χ0) is 12.3. The molecule has 0 saturated heterocycles. The highest BCUT2D eigenvalue weighted by Gasteiger charge is 2.10. The molecule has 0 radical (unpaired) electrons.